The highest BCUT2D eigenvalue weighted by atomic mass is 16.5. The molecule has 0 aliphatic rings. The summed E-state index contributed by atoms with van der Waals surface area (Å²) in [6, 6.07) is 0. The first-order valence-corrected chi connectivity index (χ1v) is 5.10. The van der Waals surface area contributed by atoms with Gasteiger partial charge in [-0.05, 0) is 11.3 Å². The van der Waals surface area contributed by atoms with E-state index in [2.05, 4.69) is 0 Å². The highest BCUT2D eigenvalue weighted by Crippen LogP contribution is 2.25. The topological polar surface area (TPSA) is 63.6 Å². The summed E-state index contributed by atoms with van der Waals surface area (Å²) in [5, 5.41) is 8.63. The zero-order valence-corrected chi connectivity index (χ0v) is 9.87. The number of hydrogen-bond acceptors (Lipinski definition) is 3. The third kappa shape index (κ3) is 7.97. The number of aliphatic carboxylic acids is 1. The highest BCUT2D eigenvalue weighted by molar-refractivity contribution is 5.73. The third-order valence-corrected chi connectivity index (χ3v) is 1.83. The smallest absolute Gasteiger partial charge is 0.306 e. The molecular weight excluding hydrogens is 196 g/mol. The van der Waals surface area contributed by atoms with Gasteiger partial charge in [0.05, 0.1) is 19.4 Å². The SMILES string of the molecule is CC(C)COC(=O)CC(C)(C)CC(=O)O. The molecule has 0 aliphatic carbocycles. The van der Waals surface area contributed by atoms with Crippen LogP contribution in [0.15, 0.2) is 0 Å². The van der Waals surface area contributed by atoms with E-state index in [0.29, 0.717) is 12.5 Å². The second-order valence-corrected chi connectivity index (χ2v) is 4.99. The zero-order chi connectivity index (χ0) is 12.1. The van der Waals surface area contributed by atoms with E-state index in [-0.39, 0.29) is 18.8 Å². The van der Waals surface area contributed by atoms with Crippen LogP contribution < -0.4 is 0 Å². The summed E-state index contributed by atoms with van der Waals surface area (Å²) in [4.78, 5) is 21.8. The van der Waals surface area contributed by atoms with Crippen LogP contribution in [-0.4, -0.2) is 23.7 Å². The van der Waals surface area contributed by atoms with Gasteiger partial charge in [0.25, 0.3) is 0 Å². The van der Waals surface area contributed by atoms with Crippen molar-refractivity contribution >= 4 is 11.9 Å². The van der Waals surface area contributed by atoms with Crippen LogP contribution in [0.1, 0.15) is 40.5 Å². The number of ether oxygens (including phenoxy) is 1. The number of carboxylic acid groups (broad SMARTS) is 1. The maximum Gasteiger partial charge on any atom is 0.306 e. The minimum absolute atomic E-state index is 0.0240. The Labute approximate surface area is 90.6 Å². The zero-order valence-electron chi connectivity index (χ0n) is 9.87. The molecule has 0 unspecified atom stereocenters. The van der Waals surface area contributed by atoms with Crippen LogP contribution in [0.4, 0.5) is 0 Å². The molecule has 0 aliphatic heterocycles. The first kappa shape index (κ1) is 13.9. The molecule has 0 rings (SSSR count). The van der Waals surface area contributed by atoms with Gasteiger partial charge >= 0.3 is 11.9 Å². The van der Waals surface area contributed by atoms with Gasteiger partial charge in [-0.1, -0.05) is 27.7 Å². The quantitative estimate of drug-likeness (QED) is 0.690. The van der Waals surface area contributed by atoms with Crippen LogP contribution in [0.2, 0.25) is 0 Å². The molecule has 0 fully saturated rings. The van der Waals surface area contributed by atoms with E-state index in [1.165, 1.54) is 0 Å². The molecule has 0 aromatic heterocycles. The molecule has 0 radical (unpaired) electrons. The van der Waals surface area contributed by atoms with Crippen molar-refractivity contribution in [1.82, 2.24) is 0 Å². The van der Waals surface area contributed by atoms with Gasteiger partial charge in [0.2, 0.25) is 0 Å². The minimum Gasteiger partial charge on any atom is -0.481 e. The lowest BCUT2D eigenvalue weighted by molar-refractivity contribution is -0.148. The maximum absolute atomic E-state index is 11.3. The average molecular weight is 216 g/mol. The lowest BCUT2D eigenvalue weighted by Crippen LogP contribution is -2.23. The van der Waals surface area contributed by atoms with Crippen molar-refractivity contribution in [1.29, 1.82) is 0 Å². The van der Waals surface area contributed by atoms with Gasteiger partial charge in [-0.15, -0.1) is 0 Å². The highest BCUT2D eigenvalue weighted by Gasteiger charge is 2.26. The Morgan fingerprint density at radius 2 is 1.80 bits per heavy atom. The Hall–Kier alpha value is -1.06. The van der Waals surface area contributed by atoms with E-state index in [1.807, 2.05) is 13.8 Å². The molecule has 4 nitrogen and oxygen atoms in total. The normalized spacial score (nSPS) is 11.5. The van der Waals surface area contributed by atoms with Gasteiger partial charge < -0.3 is 9.84 Å². The van der Waals surface area contributed by atoms with Crippen molar-refractivity contribution in [2.75, 3.05) is 6.61 Å². The fourth-order valence-electron chi connectivity index (χ4n) is 1.17. The third-order valence-electron chi connectivity index (χ3n) is 1.83. The number of esters is 1. The molecule has 88 valence electrons. The molecule has 0 atom stereocenters. The molecule has 0 bridgehead atoms. The minimum atomic E-state index is -0.892. The lowest BCUT2D eigenvalue weighted by atomic mass is 9.86. The Balaban J connectivity index is 3.98. The summed E-state index contributed by atoms with van der Waals surface area (Å²) in [5.41, 5.74) is -0.542. The molecule has 0 aromatic rings. The molecule has 4 heteroatoms. The molecule has 0 heterocycles. The summed E-state index contributed by atoms with van der Waals surface area (Å²) in [5.74, 6) is -0.914. The van der Waals surface area contributed by atoms with Gasteiger partial charge in [0, 0.05) is 0 Å². The summed E-state index contributed by atoms with van der Waals surface area (Å²) in [6.07, 6.45) is 0.121. The average Bonchev–Trinajstić information content (AvgIpc) is 1.96. The summed E-state index contributed by atoms with van der Waals surface area (Å²) >= 11 is 0. The van der Waals surface area contributed by atoms with Crippen LogP contribution >= 0.6 is 0 Å². The second kappa shape index (κ2) is 5.73. The predicted octanol–water partition coefficient (Wildman–Crippen LogP) is 2.08. The Bertz CT molecular complexity index is 231. The van der Waals surface area contributed by atoms with Crippen molar-refractivity contribution in [2.45, 2.75) is 40.5 Å². The Morgan fingerprint density at radius 3 is 2.20 bits per heavy atom. The monoisotopic (exact) mass is 216 g/mol. The molecule has 0 spiro atoms. The van der Waals surface area contributed by atoms with Crippen molar-refractivity contribution in [3.63, 3.8) is 0 Å². The summed E-state index contributed by atoms with van der Waals surface area (Å²) in [7, 11) is 0. The van der Waals surface area contributed by atoms with Gasteiger partial charge in [-0.3, -0.25) is 9.59 Å². The van der Waals surface area contributed by atoms with Gasteiger partial charge in [0.15, 0.2) is 0 Å². The van der Waals surface area contributed by atoms with Crippen LogP contribution in [0, 0.1) is 11.3 Å². The van der Waals surface area contributed by atoms with Crippen LogP contribution in [0.3, 0.4) is 0 Å². The number of rotatable bonds is 6. The van der Waals surface area contributed by atoms with E-state index in [0.717, 1.165) is 0 Å². The fourth-order valence-corrected chi connectivity index (χ4v) is 1.17. The molecule has 0 aromatic carbocycles. The first-order valence-electron chi connectivity index (χ1n) is 5.10. The van der Waals surface area contributed by atoms with E-state index in [1.54, 1.807) is 13.8 Å². The molecule has 0 saturated carbocycles. The molecule has 15 heavy (non-hydrogen) atoms. The summed E-state index contributed by atoms with van der Waals surface area (Å²) < 4.78 is 4.99. The standard InChI is InChI=1S/C11H20O4/c1-8(2)7-15-10(14)6-11(3,4)5-9(12)13/h8H,5-7H2,1-4H3,(H,12,13). The van der Waals surface area contributed by atoms with E-state index < -0.39 is 11.4 Å². The largest absolute Gasteiger partial charge is 0.481 e. The van der Waals surface area contributed by atoms with Crippen molar-refractivity contribution in [2.24, 2.45) is 11.3 Å². The van der Waals surface area contributed by atoms with E-state index >= 15 is 0 Å². The van der Waals surface area contributed by atoms with E-state index in [4.69, 9.17) is 9.84 Å². The van der Waals surface area contributed by atoms with Gasteiger partial charge in [0.1, 0.15) is 0 Å². The predicted molar refractivity (Wildman–Crippen MR) is 56.4 cm³/mol. The Kier molecular flexibility index (Phi) is 5.33. The fraction of sp³-hybridized carbons (Fsp3) is 0.818. The lowest BCUT2D eigenvalue weighted by Gasteiger charge is -2.21. The first-order chi connectivity index (χ1) is 6.73. The van der Waals surface area contributed by atoms with Crippen LogP contribution in [-0.2, 0) is 14.3 Å². The Morgan fingerprint density at radius 1 is 1.27 bits per heavy atom. The number of hydrogen-bond donors (Lipinski definition) is 1. The molecular formula is C11H20O4. The van der Waals surface area contributed by atoms with Crippen molar-refractivity contribution in [3.8, 4) is 0 Å². The summed E-state index contributed by atoms with van der Waals surface area (Å²) in [6.45, 7) is 7.79. The van der Waals surface area contributed by atoms with E-state index in [9.17, 15) is 9.59 Å². The van der Waals surface area contributed by atoms with Gasteiger partial charge in [-0.2, -0.15) is 0 Å². The molecule has 0 saturated heterocycles. The number of carbonyl (C=O) groups excluding carboxylic acids is 1. The van der Waals surface area contributed by atoms with Crippen molar-refractivity contribution in [3.05, 3.63) is 0 Å². The van der Waals surface area contributed by atoms with Crippen LogP contribution in [0.25, 0.3) is 0 Å². The number of carbonyl (C=O) groups is 2. The van der Waals surface area contributed by atoms with Crippen molar-refractivity contribution < 1.29 is 19.4 Å². The van der Waals surface area contributed by atoms with Gasteiger partial charge in [-0.25, -0.2) is 0 Å². The second-order valence-electron chi connectivity index (χ2n) is 4.99. The molecule has 0 amide bonds. The van der Waals surface area contributed by atoms with Crippen LogP contribution in [0.5, 0.6) is 0 Å². The maximum atomic E-state index is 11.3. The molecule has 1 N–H and O–H groups in total. The number of carboxylic acids is 1.